The zero-order chi connectivity index (χ0) is 9.54. The van der Waals surface area contributed by atoms with Gasteiger partial charge in [0.15, 0.2) is 0 Å². The molecule has 5 heteroatoms. The van der Waals surface area contributed by atoms with Crippen LogP contribution in [0.3, 0.4) is 0 Å². The summed E-state index contributed by atoms with van der Waals surface area (Å²) in [4.78, 5) is 18.6. The number of aliphatic imine (C=N–C) groups is 4. The van der Waals surface area contributed by atoms with Gasteiger partial charge in [-0.05, 0) is 19.1 Å². The van der Waals surface area contributed by atoms with Crippen molar-refractivity contribution in [2.75, 3.05) is 0 Å². The van der Waals surface area contributed by atoms with Crippen molar-refractivity contribution in [1.82, 2.24) is 4.90 Å². The van der Waals surface area contributed by atoms with Crippen molar-refractivity contribution in [3.8, 4) is 0 Å². The topological polar surface area (TPSA) is 52.7 Å². The Bertz CT molecular complexity index is 473. The zero-order valence-electron chi connectivity index (χ0n) is 7.55. The Morgan fingerprint density at radius 3 is 3.07 bits per heavy atom. The monoisotopic (exact) mass is 185 g/mol. The fourth-order valence-electron chi connectivity index (χ4n) is 1.47. The molecule has 3 aliphatic rings. The highest BCUT2D eigenvalue weighted by atomic mass is 15.4. The van der Waals surface area contributed by atoms with Gasteiger partial charge in [-0.1, -0.05) is 0 Å². The van der Waals surface area contributed by atoms with Crippen LogP contribution in [0.25, 0.3) is 0 Å². The summed E-state index contributed by atoms with van der Waals surface area (Å²) in [6.07, 6.45) is 7.27. The lowest BCUT2D eigenvalue weighted by Gasteiger charge is -2.29. The summed E-state index contributed by atoms with van der Waals surface area (Å²) >= 11 is 0. The molecule has 0 fully saturated rings. The average molecular weight is 185 g/mol. The van der Waals surface area contributed by atoms with Crippen LogP contribution >= 0.6 is 0 Å². The van der Waals surface area contributed by atoms with E-state index < -0.39 is 0 Å². The molecule has 5 nitrogen and oxygen atoms in total. The molecule has 3 heterocycles. The second-order valence-electron chi connectivity index (χ2n) is 3.02. The van der Waals surface area contributed by atoms with E-state index in [-0.39, 0.29) is 0 Å². The molecule has 3 aliphatic heterocycles. The highest BCUT2D eigenvalue weighted by molar-refractivity contribution is 6.16. The minimum atomic E-state index is 0.637. The lowest BCUT2D eigenvalue weighted by atomic mass is 10.3. The predicted molar refractivity (Wildman–Crippen MR) is 55.5 cm³/mol. The van der Waals surface area contributed by atoms with Crippen LogP contribution < -0.4 is 0 Å². The molecule has 3 rings (SSSR count). The summed E-state index contributed by atoms with van der Waals surface area (Å²) in [7, 11) is 0. The number of guanidine groups is 2. The van der Waals surface area contributed by atoms with Crippen LogP contribution in [0.2, 0.25) is 0 Å². The SMILES string of the molecule is CC1=NC2=NC=CC3=CC=NC(=N1)N32. The van der Waals surface area contributed by atoms with Gasteiger partial charge in [0.2, 0.25) is 11.9 Å². The van der Waals surface area contributed by atoms with Gasteiger partial charge in [-0.2, -0.15) is 9.98 Å². The standard InChI is InChI=1S/C9H7N5/c1-6-12-8-10-4-2-7-3-5-11-9(13-6)14(7)8/h2-5H,1H3. The maximum absolute atomic E-state index is 4.23. The number of hydrogen-bond acceptors (Lipinski definition) is 5. The first-order valence-electron chi connectivity index (χ1n) is 4.27. The van der Waals surface area contributed by atoms with Gasteiger partial charge in [-0.25, -0.2) is 14.9 Å². The van der Waals surface area contributed by atoms with E-state index in [9.17, 15) is 0 Å². The minimum Gasteiger partial charge on any atom is -0.246 e. The van der Waals surface area contributed by atoms with Crippen LogP contribution in [0.5, 0.6) is 0 Å². The van der Waals surface area contributed by atoms with E-state index in [0.717, 1.165) is 5.70 Å². The Balaban J connectivity index is 2.23. The molecule has 0 aromatic heterocycles. The van der Waals surface area contributed by atoms with E-state index in [2.05, 4.69) is 20.0 Å². The lowest BCUT2D eigenvalue weighted by Crippen LogP contribution is -2.39. The van der Waals surface area contributed by atoms with Crippen molar-refractivity contribution in [2.24, 2.45) is 20.0 Å². The largest absolute Gasteiger partial charge is 0.246 e. The van der Waals surface area contributed by atoms with Gasteiger partial charge in [0.1, 0.15) is 5.84 Å². The molecule has 0 atom stereocenters. The smallest absolute Gasteiger partial charge is 0.238 e. The molecule has 0 N–H and O–H groups in total. The molecule has 0 spiro atoms. The van der Waals surface area contributed by atoms with Gasteiger partial charge < -0.3 is 0 Å². The molecule has 0 radical (unpaired) electrons. The fraction of sp³-hybridized carbons (Fsp3) is 0.111. The van der Waals surface area contributed by atoms with Crippen LogP contribution in [0.1, 0.15) is 6.92 Å². The first-order chi connectivity index (χ1) is 6.84. The summed E-state index contributed by atoms with van der Waals surface area (Å²) in [5, 5.41) is 0. The van der Waals surface area contributed by atoms with E-state index in [1.807, 2.05) is 24.0 Å². The number of rotatable bonds is 0. The second-order valence-corrected chi connectivity index (χ2v) is 3.02. The molecule has 0 saturated carbocycles. The Morgan fingerprint density at radius 2 is 2.14 bits per heavy atom. The summed E-state index contributed by atoms with van der Waals surface area (Å²) in [5.74, 6) is 1.96. The van der Waals surface area contributed by atoms with Gasteiger partial charge in [0.05, 0.1) is 5.70 Å². The van der Waals surface area contributed by atoms with Crippen molar-refractivity contribution >= 4 is 24.0 Å². The number of nitrogens with zero attached hydrogens (tertiary/aromatic N) is 5. The molecule has 0 amide bonds. The van der Waals surface area contributed by atoms with E-state index in [0.29, 0.717) is 17.8 Å². The Kier molecular flexibility index (Phi) is 1.30. The predicted octanol–water partition coefficient (Wildman–Crippen LogP) is 0.928. The first-order valence-corrected chi connectivity index (χ1v) is 4.27. The highest BCUT2D eigenvalue weighted by Crippen LogP contribution is 2.20. The van der Waals surface area contributed by atoms with Crippen molar-refractivity contribution in [3.05, 3.63) is 24.0 Å². The van der Waals surface area contributed by atoms with Gasteiger partial charge >= 0.3 is 0 Å². The maximum Gasteiger partial charge on any atom is 0.238 e. The van der Waals surface area contributed by atoms with Crippen LogP contribution in [0, 0.1) is 0 Å². The van der Waals surface area contributed by atoms with Crippen LogP contribution in [-0.4, -0.2) is 28.9 Å². The molecule has 0 unspecified atom stereocenters. The molecular formula is C9H7N5. The summed E-state index contributed by atoms with van der Waals surface area (Å²) < 4.78 is 0. The first kappa shape index (κ1) is 7.37. The van der Waals surface area contributed by atoms with Crippen molar-refractivity contribution in [1.29, 1.82) is 0 Å². The van der Waals surface area contributed by atoms with Crippen LogP contribution in [-0.2, 0) is 0 Å². The Hall–Kier alpha value is -2.04. The second kappa shape index (κ2) is 2.47. The van der Waals surface area contributed by atoms with Gasteiger partial charge in [-0.3, -0.25) is 0 Å². The summed E-state index contributed by atoms with van der Waals surface area (Å²) in [6.45, 7) is 1.83. The van der Waals surface area contributed by atoms with Gasteiger partial charge in [0, 0.05) is 12.4 Å². The molecule has 14 heavy (non-hydrogen) atoms. The minimum absolute atomic E-state index is 0.637. The Labute approximate surface area is 80.6 Å². The fourth-order valence-corrected chi connectivity index (χ4v) is 1.47. The summed E-state index contributed by atoms with van der Waals surface area (Å²) in [6, 6.07) is 0. The molecule has 0 saturated heterocycles. The quantitative estimate of drug-likeness (QED) is 0.553. The molecule has 0 aliphatic carbocycles. The Morgan fingerprint density at radius 1 is 1.21 bits per heavy atom. The van der Waals surface area contributed by atoms with Crippen LogP contribution in [0.15, 0.2) is 44.0 Å². The third-order valence-corrected chi connectivity index (χ3v) is 2.05. The van der Waals surface area contributed by atoms with E-state index in [4.69, 9.17) is 0 Å². The summed E-state index contributed by atoms with van der Waals surface area (Å²) in [5.41, 5.74) is 1.00. The lowest BCUT2D eigenvalue weighted by molar-refractivity contribution is 0.734. The molecule has 0 aromatic rings. The molecule has 0 bridgehead atoms. The molecule has 0 aromatic carbocycles. The number of allylic oxidation sites excluding steroid dienone is 2. The van der Waals surface area contributed by atoms with Crippen molar-refractivity contribution in [2.45, 2.75) is 6.92 Å². The van der Waals surface area contributed by atoms with Gasteiger partial charge in [-0.15, -0.1) is 0 Å². The number of hydrogen-bond donors (Lipinski definition) is 0. The normalized spacial score (nSPS) is 22.2. The third kappa shape index (κ3) is 0.891. The van der Waals surface area contributed by atoms with E-state index in [1.165, 1.54) is 0 Å². The van der Waals surface area contributed by atoms with Crippen LogP contribution in [0.4, 0.5) is 0 Å². The third-order valence-electron chi connectivity index (χ3n) is 2.05. The van der Waals surface area contributed by atoms with Gasteiger partial charge in [0.25, 0.3) is 0 Å². The van der Waals surface area contributed by atoms with Crippen molar-refractivity contribution in [3.63, 3.8) is 0 Å². The highest BCUT2D eigenvalue weighted by Gasteiger charge is 2.27. The maximum atomic E-state index is 4.23. The average Bonchev–Trinajstić information content (AvgIpc) is 2.18. The number of amidine groups is 1. The molecular weight excluding hydrogens is 178 g/mol. The van der Waals surface area contributed by atoms with E-state index >= 15 is 0 Å². The zero-order valence-corrected chi connectivity index (χ0v) is 7.55. The van der Waals surface area contributed by atoms with E-state index in [1.54, 1.807) is 12.4 Å². The van der Waals surface area contributed by atoms with Crippen molar-refractivity contribution < 1.29 is 0 Å². The molecule has 68 valence electrons.